The highest BCUT2D eigenvalue weighted by molar-refractivity contribution is 7.80. The van der Waals surface area contributed by atoms with Gasteiger partial charge in [0.15, 0.2) is 0 Å². The molecule has 0 aromatic heterocycles. The van der Waals surface area contributed by atoms with E-state index < -0.39 is 0 Å². The summed E-state index contributed by atoms with van der Waals surface area (Å²) in [5.41, 5.74) is 2.37. The topological polar surface area (TPSA) is 9.72 Å². The monoisotopic (exact) mass is 277 g/mol. The van der Waals surface area contributed by atoms with E-state index in [1.807, 2.05) is 0 Å². The van der Waals surface area contributed by atoms with Crippen molar-refractivity contribution in [3.8, 4) is 0 Å². The van der Waals surface area contributed by atoms with Crippen LogP contribution in [-0.4, -0.2) is 61.6 Å². The van der Waals surface area contributed by atoms with Crippen LogP contribution < -0.4 is 4.90 Å². The first-order chi connectivity index (χ1) is 9.11. The van der Waals surface area contributed by atoms with Crippen LogP contribution >= 0.6 is 12.2 Å². The molecule has 0 spiro atoms. The Morgan fingerprint density at radius 3 is 2.16 bits per heavy atom. The Balaban J connectivity index is 2.00. The first kappa shape index (κ1) is 14.3. The van der Waals surface area contributed by atoms with Gasteiger partial charge in [-0.15, -0.1) is 0 Å². The second-order valence-electron chi connectivity index (χ2n) is 5.17. The van der Waals surface area contributed by atoms with Crippen molar-refractivity contribution in [1.82, 2.24) is 9.80 Å². The largest absolute Gasteiger partial charge is 0.378 e. The summed E-state index contributed by atoms with van der Waals surface area (Å²) in [5, 5.41) is 0. The van der Waals surface area contributed by atoms with Crippen molar-refractivity contribution < 1.29 is 0 Å². The van der Waals surface area contributed by atoms with Gasteiger partial charge in [0.25, 0.3) is 0 Å². The van der Waals surface area contributed by atoms with Gasteiger partial charge in [-0.25, -0.2) is 0 Å². The molecule has 19 heavy (non-hydrogen) atoms. The number of hydrogen-bond donors (Lipinski definition) is 0. The summed E-state index contributed by atoms with van der Waals surface area (Å²) in [7, 11) is 4.11. The van der Waals surface area contributed by atoms with E-state index in [4.69, 9.17) is 12.2 Å². The molecule has 0 unspecified atom stereocenters. The van der Waals surface area contributed by atoms with Gasteiger partial charge in [-0.1, -0.05) is 19.1 Å². The Kier molecular flexibility index (Phi) is 4.77. The maximum Gasteiger partial charge on any atom is 0.109 e. The Labute approximate surface area is 121 Å². The molecule has 1 aromatic carbocycles. The number of anilines is 1. The van der Waals surface area contributed by atoms with Crippen LogP contribution in [0.1, 0.15) is 12.5 Å². The van der Waals surface area contributed by atoms with Crippen molar-refractivity contribution in [1.29, 1.82) is 0 Å². The normalized spacial score (nSPS) is 16.5. The summed E-state index contributed by atoms with van der Waals surface area (Å²) < 4.78 is 0. The van der Waals surface area contributed by atoms with Crippen molar-refractivity contribution >= 4 is 22.9 Å². The molecule has 0 radical (unpaired) electrons. The summed E-state index contributed by atoms with van der Waals surface area (Å²) in [6.07, 6.45) is 0. The van der Waals surface area contributed by atoms with E-state index in [2.05, 4.69) is 60.0 Å². The number of piperazine rings is 1. The molecule has 1 fully saturated rings. The Hall–Kier alpha value is -1.13. The van der Waals surface area contributed by atoms with E-state index >= 15 is 0 Å². The molecule has 0 aliphatic carbocycles. The zero-order chi connectivity index (χ0) is 13.8. The molecule has 0 amide bonds. The summed E-state index contributed by atoms with van der Waals surface area (Å²) in [6.45, 7) is 7.68. The van der Waals surface area contributed by atoms with Gasteiger partial charge in [0.2, 0.25) is 0 Å². The fraction of sp³-hybridized carbons (Fsp3) is 0.533. The van der Waals surface area contributed by atoms with E-state index in [9.17, 15) is 0 Å². The minimum absolute atomic E-state index is 0.987. The number of hydrogen-bond acceptors (Lipinski definition) is 3. The molecule has 0 saturated carbocycles. The summed E-state index contributed by atoms with van der Waals surface area (Å²) >= 11 is 5.62. The van der Waals surface area contributed by atoms with E-state index in [0.29, 0.717) is 0 Å². The standard InChI is InChI=1S/C15H23N3S/c1-4-17-9-11-18(12-10-17)15(19)13-5-7-14(8-6-13)16(2)3/h5-8H,4,9-12H2,1-3H3. The number of thiocarbonyl (C=S) groups is 1. The van der Waals surface area contributed by atoms with Gasteiger partial charge in [0, 0.05) is 51.5 Å². The predicted molar refractivity (Wildman–Crippen MR) is 86.2 cm³/mol. The third-order valence-electron chi connectivity index (χ3n) is 3.74. The Morgan fingerprint density at radius 1 is 1.11 bits per heavy atom. The number of likely N-dealkylation sites (N-methyl/N-ethyl adjacent to an activating group) is 1. The molecule has 4 heteroatoms. The Bertz CT molecular complexity index is 420. The maximum atomic E-state index is 5.62. The van der Waals surface area contributed by atoms with Gasteiger partial charge in [-0.3, -0.25) is 0 Å². The first-order valence-electron chi connectivity index (χ1n) is 6.91. The zero-order valence-electron chi connectivity index (χ0n) is 12.1. The third kappa shape index (κ3) is 3.45. The molecule has 1 aliphatic rings. The molecular weight excluding hydrogens is 254 g/mol. The van der Waals surface area contributed by atoms with Crippen LogP contribution in [0.15, 0.2) is 24.3 Å². The second kappa shape index (κ2) is 6.35. The van der Waals surface area contributed by atoms with Gasteiger partial charge in [-0.05, 0) is 30.8 Å². The van der Waals surface area contributed by atoms with Gasteiger partial charge >= 0.3 is 0 Å². The maximum absolute atomic E-state index is 5.62. The number of nitrogens with zero attached hydrogens (tertiary/aromatic N) is 3. The number of benzene rings is 1. The van der Waals surface area contributed by atoms with Crippen molar-refractivity contribution in [2.24, 2.45) is 0 Å². The van der Waals surface area contributed by atoms with Crippen LogP contribution in [0.4, 0.5) is 5.69 Å². The smallest absolute Gasteiger partial charge is 0.109 e. The average Bonchev–Trinajstić information content (AvgIpc) is 2.46. The summed E-state index contributed by atoms with van der Waals surface area (Å²) in [5.74, 6) is 0. The molecule has 1 aliphatic heterocycles. The number of rotatable bonds is 3. The summed E-state index contributed by atoms with van der Waals surface area (Å²) in [4.78, 5) is 7.88. The van der Waals surface area contributed by atoms with Crippen LogP contribution in [0.5, 0.6) is 0 Å². The lowest BCUT2D eigenvalue weighted by Gasteiger charge is -2.35. The van der Waals surface area contributed by atoms with Crippen LogP contribution in [-0.2, 0) is 0 Å². The van der Waals surface area contributed by atoms with Crippen molar-refractivity contribution in [3.05, 3.63) is 29.8 Å². The van der Waals surface area contributed by atoms with Gasteiger partial charge in [-0.2, -0.15) is 0 Å². The lowest BCUT2D eigenvalue weighted by Crippen LogP contribution is -2.48. The third-order valence-corrected chi connectivity index (χ3v) is 4.23. The summed E-state index contributed by atoms with van der Waals surface area (Å²) in [6, 6.07) is 8.52. The van der Waals surface area contributed by atoms with E-state index in [0.717, 1.165) is 43.3 Å². The van der Waals surface area contributed by atoms with Crippen LogP contribution in [0.25, 0.3) is 0 Å². The molecule has 104 valence electrons. The minimum atomic E-state index is 0.987. The molecule has 1 saturated heterocycles. The highest BCUT2D eigenvalue weighted by Crippen LogP contribution is 2.15. The van der Waals surface area contributed by atoms with Crippen molar-refractivity contribution in [3.63, 3.8) is 0 Å². The molecule has 2 rings (SSSR count). The van der Waals surface area contributed by atoms with E-state index in [1.165, 1.54) is 5.69 Å². The fourth-order valence-electron chi connectivity index (χ4n) is 2.35. The van der Waals surface area contributed by atoms with Gasteiger partial charge in [0.05, 0.1) is 0 Å². The Morgan fingerprint density at radius 2 is 1.68 bits per heavy atom. The lowest BCUT2D eigenvalue weighted by molar-refractivity contribution is 0.192. The molecule has 1 aromatic rings. The molecule has 0 atom stereocenters. The van der Waals surface area contributed by atoms with Crippen LogP contribution in [0, 0.1) is 0 Å². The molecule has 1 heterocycles. The fourth-order valence-corrected chi connectivity index (χ4v) is 2.67. The highest BCUT2D eigenvalue weighted by Gasteiger charge is 2.18. The first-order valence-corrected chi connectivity index (χ1v) is 7.31. The predicted octanol–water partition coefficient (Wildman–Crippen LogP) is 2.07. The SMILES string of the molecule is CCN1CCN(C(=S)c2ccc(N(C)C)cc2)CC1. The molecular formula is C15H23N3S. The van der Waals surface area contributed by atoms with Gasteiger partial charge < -0.3 is 14.7 Å². The van der Waals surface area contributed by atoms with E-state index in [1.54, 1.807) is 0 Å². The average molecular weight is 277 g/mol. The van der Waals surface area contributed by atoms with Crippen molar-refractivity contribution in [2.45, 2.75) is 6.92 Å². The second-order valence-corrected chi connectivity index (χ2v) is 5.55. The van der Waals surface area contributed by atoms with Crippen LogP contribution in [0.2, 0.25) is 0 Å². The lowest BCUT2D eigenvalue weighted by atomic mass is 10.1. The minimum Gasteiger partial charge on any atom is -0.378 e. The van der Waals surface area contributed by atoms with Gasteiger partial charge in [0.1, 0.15) is 4.99 Å². The van der Waals surface area contributed by atoms with Crippen LogP contribution in [0.3, 0.4) is 0 Å². The molecule has 0 N–H and O–H groups in total. The zero-order valence-corrected chi connectivity index (χ0v) is 12.9. The highest BCUT2D eigenvalue weighted by atomic mass is 32.1. The quantitative estimate of drug-likeness (QED) is 0.782. The molecule has 3 nitrogen and oxygen atoms in total. The molecule has 0 bridgehead atoms. The van der Waals surface area contributed by atoms with E-state index in [-0.39, 0.29) is 0 Å². The van der Waals surface area contributed by atoms with Crippen molar-refractivity contribution in [2.75, 3.05) is 51.7 Å².